The summed E-state index contributed by atoms with van der Waals surface area (Å²) in [6.45, 7) is 7.26. The van der Waals surface area contributed by atoms with Crippen molar-refractivity contribution < 1.29 is 23.8 Å². The van der Waals surface area contributed by atoms with Gasteiger partial charge in [-0.05, 0) is 55.8 Å². The van der Waals surface area contributed by atoms with Crippen molar-refractivity contribution in [3.8, 4) is 5.75 Å². The summed E-state index contributed by atoms with van der Waals surface area (Å²) in [6.07, 6.45) is 0.812. The number of nitrogens with zero attached hydrogens (tertiary/aromatic N) is 3. The molecule has 4 rings (SSSR count). The molecular formula is C25H29N3O5S. The Balaban J connectivity index is 1.57. The van der Waals surface area contributed by atoms with Crippen LogP contribution in [0, 0.1) is 0 Å². The summed E-state index contributed by atoms with van der Waals surface area (Å²) in [7, 11) is 1.34. The number of carbonyl (C=O) groups excluding carboxylic acids is 2. The number of amides is 1. The van der Waals surface area contributed by atoms with Gasteiger partial charge in [0.1, 0.15) is 5.75 Å². The van der Waals surface area contributed by atoms with E-state index in [1.807, 2.05) is 25.1 Å². The Labute approximate surface area is 203 Å². The minimum Gasteiger partial charge on any atom is -0.494 e. The predicted molar refractivity (Wildman–Crippen MR) is 132 cm³/mol. The van der Waals surface area contributed by atoms with Gasteiger partial charge < -0.3 is 14.2 Å². The minimum atomic E-state index is -0.433. The maximum absolute atomic E-state index is 13.5. The Morgan fingerprint density at radius 1 is 1.12 bits per heavy atom. The van der Waals surface area contributed by atoms with Gasteiger partial charge >= 0.3 is 5.97 Å². The number of methoxy groups -OCH3 is 1. The first-order chi connectivity index (χ1) is 16.6. The van der Waals surface area contributed by atoms with Gasteiger partial charge in [0, 0.05) is 31.7 Å². The van der Waals surface area contributed by atoms with E-state index in [9.17, 15) is 9.59 Å². The van der Waals surface area contributed by atoms with Crippen LogP contribution in [0.25, 0.3) is 10.2 Å². The van der Waals surface area contributed by atoms with Crippen LogP contribution < -0.4 is 9.64 Å². The van der Waals surface area contributed by atoms with Crippen molar-refractivity contribution in [2.75, 3.05) is 58.0 Å². The van der Waals surface area contributed by atoms with E-state index in [1.54, 1.807) is 29.2 Å². The van der Waals surface area contributed by atoms with Crippen molar-refractivity contribution >= 4 is 38.6 Å². The summed E-state index contributed by atoms with van der Waals surface area (Å²) in [4.78, 5) is 34.1. The number of hydrogen-bond donors (Lipinski definition) is 0. The molecule has 1 aliphatic heterocycles. The first kappa shape index (κ1) is 24.1. The van der Waals surface area contributed by atoms with Crippen LogP contribution in [0.4, 0.5) is 5.13 Å². The minimum absolute atomic E-state index is 0.150. The van der Waals surface area contributed by atoms with Crippen molar-refractivity contribution in [3.63, 3.8) is 0 Å². The van der Waals surface area contributed by atoms with Gasteiger partial charge in [0.25, 0.3) is 5.91 Å². The highest BCUT2D eigenvalue weighted by atomic mass is 32.1. The summed E-state index contributed by atoms with van der Waals surface area (Å²) in [5, 5.41) is 0.646. The van der Waals surface area contributed by atoms with E-state index in [4.69, 9.17) is 19.2 Å². The van der Waals surface area contributed by atoms with Crippen LogP contribution in [0.1, 0.15) is 34.1 Å². The molecule has 1 amide bonds. The van der Waals surface area contributed by atoms with Gasteiger partial charge in [-0.25, -0.2) is 9.78 Å². The molecule has 1 aromatic heterocycles. The number of fused-ring (bicyclic) bond motifs is 1. The zero-order chi connectivity index (χ0) is 23.9. The molecule has 0 unspecified atom stereocenters. The molecule has 1 saturated heterocycles. The molecule has 3 aromatic rings. The lowest BCUT2D eigenvalue weighted by Crippen LogP contribution is -2.39. The molecule has 8 nitrogen and oxygen atoms in total. The van der Waals surface area contributed by atoms with Gasteiger partial charge in [-0.2, -0.15) is 0 Å². The maximum atomic E-state index is 13.5. The number of morpholine rings is 1. The van der Waals surface area contributed by atoms with E-state index >= 15 is 0 Å². The van der Waals surface area contributed by atoms with E-state index in [-0.39, 0.29) is 5.91 Å². The molecule has 1 aliphatic rings. The van der Waals surface area contributed by atoms with E-state index in [2.05, 4.69) is 4.90 Å². The lowest BCUT2D eigenvalue weighted by atomic mass is 10.1. The van der Waals surface area contributed by atoms with E-state index in [0.29, 0.717) is 29.4 Å². The topological polar surface area (TPSA) is 81.2 Å². The molecule has 180 valence electrons. The number of aromatic nitrogens is 1. The molecule has 9 heteroatoms. The summed E-state index contributed by atoms with van der Waals surface area (Å²) >= 11 is 1.47. The first-order valence-corrected chi connectivity index (χ1v) is 12.2. The largest absolute Gasteiger partial charge is 0.494 e. The molecule has 2 heterocycles. The van der Waals surface area contributed by atoms with Crippen LogP contribution in [0.5, 0.6) is 5.75 Å². The normalized spacial score (nSPS) is 14.2. The number of thiazole rings is 1. The summed E-state index contributed by atoms with van der Waals surface area (Å²) in [6, 6.07) is 12.3. The van der Waals surface area contributed by atoms with Crippen molar-refractivity contribution in [1.82, 2.24) is 9.88 Å². The molecule has 0 bridgehead atoms. The van der Waals surface area contributed by atoms with Gasteiger partial charge in [-0.15, -0.1) is 0 Å². The third-order valence-corrected chi connectivity index (χ3v) is 6.69. The Morgan fingerprint density at radius 2 is 1.85 bits per heavy atom. The monoisotopic (exact) mass is 483 g/mol. The van der Waals surface area contributed by atoms with E-state index < -0.39 is 5.97 Å². The van der Waals surface area contributed by atoms with Crippen molar-refractivity contribution in [1.29, 1.82) is 0 Å². The highest BCUT2D eigenvalue weighted by molar-refractivity contribution is 7.22. The van der Waals surface area contributed by atoms with E-state index in [0.717, 1.165) is 55.2 Å². The summed E-state index contributed by atoms with van der Waals surface area (Å²) in [5.74, 6) is 0.203. The van der Waals surface area contributed by atoms with Gasteiger partial charge in [0.2, 0.25) is 0 Å². The number of anilines is 1. The van der Waals surface area contributed by atoms with Crippen molar-refractivity contribution in [2.24, 2.45) is 0 Å². The van der Waals surface area contributed by atoms with Gasteiger partial charge in [0.15, 0.2) is 5.13 Å². The Morgan fingerprint density at radius 3 is 2.56 bits per heavy atom. The zero-order valence-electron chi connectivity index (χ0n) is 19.5. The van der Waals surface area contributed by atoms with Crippen LogP contribution in [-0.2, 0) is 9.47 Å². The van der Waals surface area contributed by atoms with Crippen LogP contribution in [0.2, 0.25) is 0 Å². The molecule has 0 saturated carbocycles. The smallest absolute Gasteiger partial charge is 0.337 e. The van der Waals surface area contributed by atoms with Gasteiger partial charge in [-0.3, -0.25) is 14.6 Å². The number of carbonyl (C=O) groups is 2. The average Bonchev–Trinajstić information content (AvgIpc) is 3.30. The maximum Gasteiger partial charge on any atom is 0.337 e. The van der Waals surface area contributed by atoms with Gasteiger partial charge in [0.05, 0.1) is 42.7 Å². The number of rotatable bonds is 9. The average molecular weight is 484 g/mol. The number of esters is 1. The van der Waals surface area contributed by atoms with Gasteiger partial charge in [-0.1, -0.05) is 11.3 Å². The van der Waals surface area contributed by atoms with Crippen molar-refractivity contribution in [3.05, 3.63) is 53.6 Å². The van der Waals surface area contributed by atoms with Crippen LogP contribution in [0.3, 0.4) is 0 Å². The van der Waals surface area contributed by atoms with Crippen LogP contribution >= 0.6 is 11.3 Å². The Hall–Kier alpha value is -3.01. The second kappa shape index (κ2) is 11.4. The molecule has 1 fully saturated rings. The molecule has 0 aliphatic carbocycles. The summed E-state index contributed by atoms with van der Waals surface area (Å²) < 4.78 is 16.8. The molecule has 34 heavy (non-hydrogen) atoms. The molecular weight excluding hydrogens is 454 g/mol. The predicted octanol–water partition coefficient (Wildman–Crippen LogP) is 3.85. The second-order valence-corrected chi connectivity index (χ2v) is 8.90. The fourth-order valence-electron chi connectivity index (χ4n) is 3.85. The number of ether oxygens (including phenoxy) is 3. The fraction of sp³-hybridized carbons (Fsp3) is 0.400. The Bertz CT molecular complexity index is 1130. The van der Waals surface area contributed by atoms with E-state index in [1.165, 1.54) is 18.4 Å². The quantitative estimate of drug-likeness (QED) is 0.428. The third-order valence-electron chi connectivity index (χ3n) is 5.65. The third kappa shape index (κ3) is 5.72. The standard InChI is InChI=1S/C25H29N3O5S/c1-3-33-20-9-10-21-22(17-20)34-25(26-21)28(12-4-11-27-13-15-32-16-14-27)23(29)18-5-7-19(8-6-18)24(30)31-2/h5-10,17H,3-4,11-16H2,1-2H3. The molecule has 0 N–H and O–H groups in total. The first-order valence-electron chi connectivity index (χ1n) is 11.4. The van der Waals surface area contributed by atoms with Crippen molar-refractivity contribution in [2.45, 2.75) is 13.3 Å². The summed E-state index contributed by atoms with van der Waals surface area (Å²) in [5.41, 5.74) is 1.73. The number of hydrogen-bond acceptors (Lipinski definition) is 8. The molecule has 0 spiro atoms. The number of benzene rings is 2. The molecule has 0 atom stereocenters. The fourth-order valence-corrected chi connectivity index (χ4v) is 4.87. The molecule has 0 radical (unpaired) electrons. The SMILES string of the molecule is CCOc1ccc2nc(N(CCCN3CCOCC3)C(=O)c3ccc(C(=O)OC)cc3)sc2c1. The molecule has 2 aromatic carbocycles. The highest BCUT2D eigenvalue weighted by Crippen LogP contribution is 2.32. The highest BCUT2D eigenvalue weighted by Gasteiger charge is 2.22. The van der Waals surface area contributed by atoms with Crippen LogP contribution in [0.15, 0.2) is 42.5 Å². The second-order valence-electron chi connectivity index (χ2n) is 7.89. The van der Waals surface area contributed by atoms with Crippen LogP contribution in [-0.4, -0.2) is 74.9 Å². The Kier molecular flexibility index (Phi) is 8.10. The lowest BCUT2D eigenvalue weighted by molar-refractivity contribution is 0.0376. The zero-order valence-corrected chi connectivity index (χ0v) is 20.3. The lowest BCUT2D eigenvalue weighted by Gasteiger charge is -2.27.